The van der Waals surface area contributed by atoms with Gasteiger partial charge in [-0.05, 0) is 58.2 Å². The maximum absolute atomic E-state index is 12.6. The molecule has 0 fully saturated rings. The van der Waals surface area contributed by atoms with Gasteiger partial charge >= 0.3 is 0 Å². The Morgan fingerprint density at radius 2 is 1.77 bits per heavy atom. The number of carbonyl (C=O) groups is 1. The number of para-hydroxylation sites is 1. The third-order valence-electron chi connectivity index (χ3n) is 4.62. The number of nitrogens with zero attached hydrogens (tertiary/aromatic N) is 4. The lowest BCUT2D eigenvalue weighted by atomic mass is 10.1. The van der Waals surface area contributed by atoms with E-state index in [1.165, 1.54) is 11.8 Å². The predicted octanol–water partition coefficient (Wildman–Crippen LogP) is 3.79. The summed E-state index contributed by atoms with van der Waals surface area (Å²) in [6.45, 7) is 11.8. The standard InChI is InChI=1S/C19H23N5OS/c1-10-8-7-9-11(2)16(10)21-17(25)15(6)26-19-22-18-20-13(4)12(3)14(5)24(18)23-19/h7-9,15H,1-6H3,(H,21,25). The van der Waals surface area contributed by atoms with Crippen molar-refractivity contribution in [2.24, 2.45) is 0 Å². The largest absolute Gasteiger partial charge is 0.325 e. The summed E-state index contributed by atoms with van der Waals surface area (Å²) in [5, 5.41) is 7.75. The number of aryl methyl sites for hydroxylation is 4. The molecule has 1 atom stereocenters. The van der Waals surface area contributed by atoms with Crippen LogP contribution in [0.5, 0.6) is 0 Å². The van der Waals surface area contributed by atoms with Crippen molar-refractivity contribution in [3.05, 3.63) is 46.3 Å². The van der Waals surface area contributed by atoms with Gasteiger partial charge in [-0.1, -0.05) is 30.0 Å². The van der Waals surface area contributed by atoms with Crippen LogP contribution in [0.1, 0.15) is 35.0 Å². The number of anilines is 1. The van der Waals surface area contributed by atoms with Gasteiger partial charge in [0.2, 0.25) is 11.1 Å². The van der Waals surface area contributed by atoms with E-state index >= 15 is 0 Å². The molecule has 136 valence electrons. The van der Waals surface area contributed by atoms with Crippen LogP contribution in [0.25, 0.3) is 5.78 Å². The topological polar surface area (TPSA) is 72.2 Å². The molecule has 1 aromatic carbocycles. The zero-order valence-electron chi connectivity index (χ0n) is 15.9. The summed E-state index contributed by atoms with van der Waals surface area (Å²) in [4.78, 5) is 21.5. The van der Waals surface area contributed by atoms with E-state index in [-0.39, 0.29) is 11.2 Å². The van der Waals surface area contributed by atoms with Crippen LogP contribution in [-0.4, -0.2) is 30.7 Å². The summed E-state index contributed by atoms with van der Waals surface area (Å²) in [5.74, 6) is 0.499. The maximum Gasteiger partial charge on any atom is 0.253 e. The van der Waals surface area contributed by atoms with Crippen molar-refractivity contribution in [1.82, 2.24) is 19.6 Å². The fourth-order valence-corrected chi connectivity index (χ4v) is 3.48. The Morgan fingerprint density at radius 1 is 1.12 bits per heavy atom. The molecule has 26 heavy (non-hydrogen) atoms. The highest BCUT2D eigenvalue weighted by molar-refractivity contribution is 8.00. The van der Waals surface area contributed by atoms with Crippen molar-refractivity contribution in [3.8, 4) is 0 Å². The molecule has 0 spiro atoms. The van der Waals surface area contributed by atoms with E-state index in [1.54, 1.807) is 4.52 Å². The summed E-state index contributed by atoms with van der Waals surface area (Å²) in [5.41, 5.74) is 6.02. The second-order valence-electron chi connectivity index (χ2n) is 6.53. The van der Waals surface area contributed by atoms with Gasteiger partial charge in [-0.3, -0.25) is 4.79 Å². The number of amides is 1. The number of nitrogens with one attached hydrogen (secondary N) is 1. The molecule has 1 N–H and O–H groups in total. The number of hydrogen-bond donors (Lipinski definition) is 1. The van der Waals surface area contributed by atoms with E-state index in [9.17, 15) is 4.79 Å². The molecule has 0 radical (unpaired) electrons. The first-order chi connectivity index (χ1) is 12.3. The molecule has 7 heteroatoms. The zero-order chi connectivity index (χ0) is 19.0. The third-order valence-corrected chi connectivity index (χ3v) is 5.57. The number of hydrogen-bond acceptors (Lipinski definition) is 5. The van der Waals surface area contributed by atoms with Crippen molar-refractivity contribution in [3.63, 3.8) is 0 Å². The molecular weight excluding hydrogens is 346 g/mol. The van der Waals surface area contributed by atoms with Crippen LogP contribution in [0.3, 0.4) is 0 Å². The van der Waals surface area contributed by atoms with Gasteiger partial charge in [-0.2, -0.15) is 4.98 Å². The fraction of sp³-hybridized carbons (Fsp3) is 0.368. The maximum atomic E-state index is 12.6. The van der Waals surface area contributed by atoms with Gasteiger partial charge < -0.3 is 5.32 Å². The average molecular weight is 369 g/mol. The molecule has 0 saturated heterocycles. The first-order valence-electron chi connectivity index (χ1n) is 8.52. The van der Waals surface area contributed by atoms with Crippen LogP contribution in [-0.2, 0) is 4.79 Å². The van der Waals surface area contributed by atoms with Gasteiger partial charge in [0.05, 0.1) is 5.25 Å². The highest BCUT2D eigenvalue weighted by Gasteiger charge is 2.20. The van der Waals surface area contributed by atoms with Crippen LogP contribution in [0, 0.1) is 34.6 Å². The van der Waals surface area contributed by atoms with Crippen molar-refractivity contribution in [1.29, 1.82) is 0 Å². The van der Waals surface area contributed by atoms with Crippen molar-refractivity contribution >= 4 is 29.1 Å². The molecule has 2 aromatic heterocycles. The van der Waals surface area contributed by atoms with Crippen LogP contribution >= 0.6 is 11.8 Å². The molecule has 1 amide bonds. The summed E-state index contributed by atoms with van der Waals surface area (Å²) >= 11 is 1.33. The molecule has 3 rings (SSSR count). The normalized spacial score (nSPS) is 12.4. The molecule has 3 aromatic rings. The van der Waals surface area contributed by atoms with Crippen LogP contribution < -0.4 is 5.32 Å². The Balaban J connectivity index is 1.79. The molecule has 6 nitrogen and oxygen atoms in total. The Morgan fingerprint density at radius 3 is 2.42 bits per heavy atom. The van der Waals surface area contributed by atoms with Gasteiger partial charge in [0, 0.05) is 17.1 Å². The lowest BCUT2D eigenvalue weighted by Gasteiger charge is -2.14. The van der Waals surface area contributed by atoms with Gasteiger partial charge in [0.1, 0.15) is 0 Å². The average Bonchev–Trinajstić information content (AvgIpc) is 2.98. The van der Waals surface area contributed by atoms with E-state index in [0.29, 0.717) is 10.9 Å². The van der Waals surface area contributed by atoms with Gasteiger partial charge in [-0.25, -0.2) is 9.50 Å². The van der Waals surface area contributed by atoms with E-state index in [4.69, 9.17) is 0 Å². The SMILES string of the molecule is Cc1cccc(C)c1NC(=O)C(C)Sc1nc2nc(C)c(C)c(C)n2n1. The lowest BCUT2D eigenvalue weighted by Crippen LogP contribution is -2.23. The number of benzene rings is 1. The Labute approximate surface area is 157 Å². The highest BCUT2D eigenvalue weighted by Crippen LogP contribution is 2.25. The zero-order valence-corrected chi connectivity index (χ0v) is 16.7. The molecule has 0 aliphatic rings. The minimum atomic E-state index is -0.325. The number of carbonyl (C=O) groups excluding carboxylic acids is 1. The van der Waals surface area contributed by atoms with Crippen LogP contribution in [0.15, 0.2) is 23.4 Å². The second-order valence-corrected chi connectivity index (χ2v) is 7.84. The smallest absolute Gasteiger partial charge is 0.253 e. The number of fused-ring (bicyclic) bond motifs is 1. The number of thioether (sulfide) groups is 1. The summed E-state index contributed by atoms with van der Waals surface area (Å²) < 4.78 is 1.74. The predicted molar refractivity (Wildman–Crippen MR) is 105 cm³/mol. The first-order valence-corrected chi connectivity index (χ1v) is 9.40. The molecule has 0 bridgehead atoms. The Bertz CT molecular complexity index is 975. The van der Waals surface area contributed by atoms with Gasteiger partial charge in [0.15, 0.2) is 0 Å². The molecule has 2 heterocycles. The Hall–Kier alpha value is -2.41. The summed E-state index contributed by atoms with van der Waals surface area (Å²) in [6.07, 6.45) is 0. The number of aromatic nitrogens is 4. The lowest BCUT2D eigenvalue weighted by molar-refractivity contribution is -0.115. The van der Waals surface area contributed by atoms with Crippen LogP contribution in [0.4, 0.5) is 5.69 Å². The molecule has 1 unspecified atom stereocenters. The number of rotatable bonds is 4. The van der Waals surface area contributed by atoms with E-state index in [0.717, 1.165) is 33.8 Å². The summed E-state index contributed by atoms with van der Waals surface area (Å²) in [7, 11) is 0. The monoisotopic (exact) mass is 369 g/mol. The second kappa shape index (κ2) is 7.07. The molecule has 0 saturated carbocycles. The minimum absolute atomic E-state index is 0.0664. The van der Waals surface area contributed by atoms with E-state index in [2.05, 4.69) is 20.4 Å². The minimum Gasteiger partial charge on any atom is -0.325 e. The quantitative estimate of drug-likeness (QED) is 0.709. The van der Waals surface area contributed by atoms with Crippen LogP contribution in [0.2, 0.25) is 0 Å². The highest BCUT2D eigenvalue weighted by atomic mass is 32.2. The third kappa shape index (κ3) is 3.44. The fourth-order valence-electron chi connectivity index (χ4n) is 2.74. The van der Waals surface area contributed by atoms with Gasteiger partial charge in [-0.15, -0.1) is 5.10 Å². The van der Waals surface area contributed by atoms with E-state index < -0.39 is 0 Å². The van der Waals surface area contributed by atoms with Crippen molar-refractivity contribution < 1.29 is 4.79 Å². The van der Waals surface area contributed by atoms with E-state index in [1.807, 2.05) is 59.7 Å². The van der Waals surface area contributed by atoms with Gasteiger partial charge in [0.25, 0.3) is 5.78 Å². The van der Waals surface area contributed by atoms with Crippen molar-refractivity contribution in [2.45, 2.75) is 51.9 Å². The van der Waals surface area contributed by atoms with Crippen molar-refractivity contribution in [2.75, 3.05) is 5.32 Å². The first kappa shape index (κ1) is 18.4. The molecule has 0 aliphatic heterocycles. The molecule has 0 aliphatic carbocycles. The molecular formula is C19H23N5OS. The summed E-state index contributed by atoms with van der Waals surface area (Å²) in [6, 6.07) is 5.96. The Kier molecular flexibility index (Phi) is 5.00.